The summed E-state index contributed by atoms with van der Waals surface area (Å²) >= 11 is 23.8. The van der Waals surface area contributed by atoms with Gasteiger partial charge in [-0.25, -0.2) is 0 Å². The zero-order valence-electron chi connectivity index (χ0n) is 10.00. The van der Waals surface area contributed by atoms with Gasteiger partial charge >= 0.3 is 0 Å². The summed E-state index contributed by atoms with van der Waals surface area (Å²) in [6, 6.07) is 8.15. The second-order valence-corrected chi connectivity index (χ2v) is 5.60. The van der Waals surface area contributed by atoms with Crippen molar-refractivity contribution in [3.8, 4) is 5.75 Å². The predicted octanol–water partition coefficient (Wildman–Crippen LogP) is 5.69. The fourth-order valence-electron chi connectivity index (χ4n) is 1.57. The van der Waals surface area contributed by atoms with Crippen LogP contribution < -0.4 is 4.74 Å². The van der Waals surface area contributed by atoms with E-state index in [2.05, 4.69) is 0 Å². The minimum Gasteiger partial charge on any atom is -0.486 e. The fraction of sp³-hybridized carbons (Fsp3) is 0.0714. The van der Waals surface area contributed by atoms with Crippen LogP contribution in [0.4, 0.5) is 0 Å². The van der Waals surface area contributed by atoms with Crippen LogP contribution in [0.2, 0.25) is 20.1 Å². The highest BCUT2D eigenvalue weighted by molar-refractivity contribution is 6.42. The number of benzene rings is 2. The lowest BCUT2D eigenvalue weighted by atomic mass is 10.2. The van der Waals surface area contributed by atoms with Gasteiger partial charge in [0.15, 0.2) is 5.75 Å². The summed E-state index contributed by atoms with van der Waals surface area (Å²) in [5, 5.41) is 1.47. The van der Waals surface area contributed by atoms with Gasteiger partial charge in [0, 0.05) is 5.56 Å². The van der Waals surface area contributed by atoms with E-state index in [-0.39, 0.29) is 16.7 Å². The van der Waals surface area contributed by atoms with Crippen LogP contribution in [0.15, 0.2) is 30.3 Å². The smallest absolute Gasteiger partial charge is 0.157 e. The second-order valence-electron chi connectivity index (χ2n) is 3.97. The molecule has 0 N–H and O–H groups in total. The van der Waals surface area contributed by atoms with E-state index in [0.29, 0.717) is 27.6 Å². The maximum Gasteiger partial charge on any atom is 0.157 e. The van der Waals surface area contributed by atoms with Crippen LogP contribution in [-0.4, -0.2) is 6.29 Å². The first-order valence-electron chi connectivity index (χ1n) is 5.52. The molecular weight excluding hydrogens is 342 g/mol. The van der Waals surface area contributed by atoms with Crippen LogP contribution in [0.25, 0.3) is 0 Å². The molecule has 0 spiro atoms. The number of aldehydes is 1. The molecule has 0 amide bonds. The predicted molar refractivity (Wildman–Crippen MR) is 82.6 cm³/mol. The summed E-state index contributed by atoms with van der Waals surface area (Å²) in [6.45, 7) is 0.233. The first-order valence-corrected chi connectivity index (χ1v) is 7.03. The first kappa shape index (κ1) is 15.5. The Bertz CT molecular complexity index is 633. The highest BCUT2D eigenvalue weighted by Crippen LogP contribution is 2.34. The lowest BCUT2D eigenvalue weighted by Gasteiger charge is -2.11. The Labute approximate surface area is 136 Å². The first-order chi connectivity index (χ1) is 9.51. The Kier molecular flexibility index (Phi) is 5.17. The van der Waals surface area contributed by atoms with Gasteiger partial charge in [-0.15, -0.1) is 0 Å². The molecule has 0 unspecified atom stereocenters. The Morgan fingerprint density at radius 3 is 2.10 bits per heavy atom. The molecule has 2 rings (SSSR count). The van der Waals surface area contributed by atoms with Gasteiger partial charge in [-0.3, -0.25) is 4.79 Å². The van der Waals surface area contributed by atoms with Crippen molar-refractivity contribution in [2.24, 2.45) is 0 Å². The summed E-state index contributed by atoms with van der Waals surface area (Å²) in [4.78, 5) is 10.7. The molecule has 2 aromatic rings. The topological polar surface area (TPSA) is 26.3 Å². The number of hydrogen-bond acceptors (Lipinski definition) is 2. The molecule has 0 bridgehead atoms. The van der Waals surface area contributed by atoms with Gasteiger partial charge < -0.3 is 4.74 Å². The highest BCUT2D eigenvalue weighted by atomic mass is 35.5. The SMILES string of the molecule is O=Cc1cc(Cl)c(OCc2ccc(Cl)c(Cl)c2)c(Cl)c1. The van der Waals surface area contributed by atoms with Crippen LogP contribution in [0, 0.1) is 0 Å². The normalized spacial score (nSPS) is 10.4. The monoisotopic (exact) mass is 348 g/mol. The molecule has 0 heterocycles. The van der Waals surface area contributed by atoms with Gasteiger partial charge in [-0.1, -0.05) is 52.5 Å². The van der Waals surface area contributed by atoms with Crippen molar-refractivity contribution in [2.75, 3.05) is 0 Å². The van der Waals surface area contributed by atoms with Gasteiger partial charge in [-0.2, -0.15) is 0 Å². The molecule has 0 aliphatic rings. The van der Waals surface area contributed by atoms with Crippen LogP contribution in [0.3, 0.4) is 0 Å². The van der Waals surface area contributed by atoms with Crippen molar-refractivity contribution in [3.63, 3.8) is 0 Å². The number of halogens is 4. The van der Waals surface area contributed by atoms with Gasteiger partial charge in [-0.05, 0) is 29.8 Å². The summed E-state index contributed by atoms with van der Waals surface area (Å²) in [5.74, 6) is 0.324. The van der Waals surface area contributed by atoms with E-state index in [1.54, 1.807) is 18.2 Å². The molecule has 0 aliphatic carbocycles. The molecule has 0 aromatic heterocycles. The number of ether oxygens (including phenoxy) is 1. The van der Waals surface area contributed by atoms with E-state index in [9.17, 15) is 4.79 Å². The summed E-state index contributed by atoms with van der Waals surface area (Å²) in [6.07, 6.45) is 0.667. The Hall–Kier alpha value is -0.930. The third-order valence-corrected chi connectivity index (χ3v) is 3.82. The van der Waals surface area contributed by atoms with E-state index in [4.69, 9.17) is 51.1 Å². The minimum atomic E-state index is 0.233. The zero-order valence-corrected chi connectivity index (χ0v) is 13.0. The average Bonchev–Trinajstić information content (AvgIpc) is 2.41. The average molecular weight is 350 g/mol. The molecule has 104 valence electrons. The number of hydrogen-bond donors (Lipinski definition) is 0. The second kappa shape index (κ2) is 6.68. The van der Waals surface area contributed by atoms with E-state index in [1.807, 2.05) is 0 Å². The van der Waals surface area contributed by atoms with Gasteiger partial charge in [0.25, 0.3) is 0 Å². The zero-order chi connectivity index (χ0) is 14.7. The summed E-state index contributed by atoms with van der Waals surface area (Å²) < 4.78 is 5.57. The van der Waals surface area contributed by atoms with E-state index in [0.717, 1.165) is 5.56 Å². The summed E-state index contributed by atoms with van der Waals surface area (Å²) in [5.41, 5.74) is 1.22. The van der Waals surface area contributed by atoms with Crippen molar-refractivity contribution < 1.29 is 9.53 Å². The molecule has 20 heavy (non-hydrogen) atoms. The van der Waals surface area contributed by atoms with Crippen LogP contribution in [0.5, 0.6) is 5.75 Å². The molecule has 0 atom stereocenters. The van der Waals surface area contributed by atoms with Gasteiger partial charge in [0.2, 0.25) is 0 Å². The third kappa shape index (κ3) is 3.58. The largest absolute Gasteiger partial charge is 0.486 e. The van der Waals surface area contributed by atoms with Crippen molar-refractivity contribution >= 4 is 52.7 Å². The van der Waals surface area contributed by atoms with Crippen molar-refractivity contribution in [3.05, 3.63) is 61.5 Å². The Balaban J connectivity index is 2.18. The fourth-order valence-corrected chi connectivity index (χ4v) is 2.50. The van der Waals surface area contributed by atoms with Crippen LogP contribution >= 0.6 is 46.4 Å². The number of carbonyl (C=O) groups excluding carboxylic acids is 1. The van der Waals surface area contributed by atoms with E-state index >= 15 is 0 Å². The quantitative estimate of drug-likeness (QED) is 0.662. The lowest BCUT2D eigenvalue weighted by molar-refractivity contribution is 0.112. The number of rotatable bonds is 4. The van der Waals surface area contributed by atoms with E-state index < -0.39 is 0 Å². The molecule has 0 saturated carbocycles. The van der Waals surface area contributed by atoms with Gasteiger partial charge in [0.1, 0.15) is 12.9 Å². The van der Waals surface area contributed by atoms with Crippen molar-refractivity contribution in [1.82, 2.24) is 0 Å². The van der Waals surface area contributed by atoms with Crippen LogP contribution in [-0.2, 0) is 6.61 Å². The van der Waals surface area contributed by atoms with E-state index in [1.165, 1.54) is 12.1 Å². The Morgan fingerprint density at radius 2 is 1.55 bits per heavy atom. The molecule has 0 aliphatic heterocycles. The Morgan fingerprint density at radius 1 is 0.900 bits per heavy atom. The lowest BCUT2D eigenvalue weighted by Crippen LogP contribution is -1.97. The molecule has 0 saturated heterocycles. The molecule has 2 nitrogen and oxygen atoms in total. The van der Waals surface area contributed by atoms with Crippen molar-refractivity contribution in [1.29, 1.82) is 0 Å². The minimum absolute atomic E-state index is 0.233. The van der Waals surface area contributed by atoms with Crippen molar-refractivity contribution in [2.45, 2.75) is 6.61 Å². The molecular formula is C14H8Cl4O2. The molecule has 6 heteroatoms. The molecule has 2 aromatic carbocycles. The maximum absolute atomic E-state index is 10.7. The molecule has 0 radical (unpaired) electrons. The highest BCUT2D eigenvalue weighted by Gasteiger charge is 2.10. The van der Waals surface area contributed by atoms with Gasteiger partial charge in [0.05, 0.1) is 20.1 Å². The maximum atomic E-state index is 10.7. The third-order valence-electron chi connectivity index (χ3n) is 2.52. The van der Waals surface area contributed by atoms with Crippen LogP contribution in [0.1, 0.15) is 15.9 Å². The summed E-state index contributed by atoms with van der Waals surface area (Å²) in [7, 11) is 0. The molecule has 0 fully saturated rings. The number of carbonyl (C=O) groups is 1. The standard InChI is InChI=1S/C14H8Cl4O2/c15-10-2-1-8(3-11(10)16)7-20-14-12(17)4-9(6-19)5-13(14)18/h1-6H,7H2.